The SMILES string of the molecule is CN(C)C(=O)CNCCS. The smallest absolute Gasteiger partial charge is 0.236 e. The second kappa shape index (κ2) is 5.56. The van der Waals surface area contributed by atoms with E-state index >= 15 is 0 Å². The van der Waals surface area contributed by atoms with Crippen LogP contribution in [0.3, 0.4) is 0 Å². The highest BCUT2D eigenvalue weighted by Gasteiger charge is 2.00. The van der Waals surface area contributed by atoms with Crippen LogP contribution in [0.15, 0.2) is 0 Å². The minimum Gasteiger partial charge on any atom is -0.348 e. The van der Waals surface area contributed by atoms with Gasteiger partial charge in [0.1, 0.15) is 0 Å². The molecule has 0 aromatic heterocycles. The number of hydrogen-bond acceptors (Lipinski definition) is 3. The van der Waals surface area contributed by atoms with Gasteiger partial charge < -0.3 is 10.2 Å². The van der Waals surface area contributed by atoms with Crippen LogP contribution in [0.25, 0.3) is 0 Å². The van der Waals surface area contributed by atoms with Crippen molar-refractivity contribution in [2.24, 2.45) is 0 Å². The molecule has 0 spiro atoms. The molecule has 0 atom stereocenters. The van der Waals surface area contributed by atoms with Gasteiger partial charge in [-0.2, -0.15) is 12.6 Å². The lowest BCUT2D eigenvalue weighted by molar-refractivity contribution is -0.127. The predicted octanol–water partition coefficient (Wildman–Crippen LogP) is -0.406. The van der Waals surface area contributed by atoms with Crippen LogP contribution in [-0.4, -0.2) is 43.7 Å². The summed E-state index contributed by atoms with van der Waals surface area (Å²) in [5.74, 6) is 0.863. The van der Waals surface area contributed by atoms with Crippen LogP contribution < -0.4 is 5.32 Å². The van der Waals surface area contributed by atoms with Gasteiger partial charge in [0.25, 0.3) is 0 Å². The molecule has 4 heteroatoms. The largest absolute Gasteiger partial charge is 0.348 e. The Balaban J connectivity index is 3.22. The summed E-state index contributed by atoms with van der Waals surface area (Å²) in [6.07, 6.45) is 0. The molecule has 0 aliphatic carbocycles. The first-order valence-electron chi connectivity index (χ1n) is 3.20. The first kappa shape index (κ1) is 9.78. The van der Waals surface area contributed by atoms with Gasteiger partial charge in [0.15, 0.2) is 0 Å². The number of carbonyl (C=O) groups is 1. The summed E-state index contributed by atoms with van der Waals surface area (Å²) in [6.45, 7) is 1.19. The van der Waals surface area contributed by atoms with Gasteiger partial charge in [-0.3, -0.25) is 4.79 Å². The Hall–Kier alpha value is -0.220. The fraction of sp³-hybridized carbons (Fsp3) is 0.833. The van der Waals surface area contributed by atoms with E-state index in [-0.39, 0.29) is 5.91 Å². The van der Waals surface area contributed by atoms with Crippen molar-refractivity contribution in [1.82, 2.24) is 10.2 Å². The lowest BCUT2D eigenvalue weighted by atomic mass is 10.5. The fourth-order valence-electron chi connectivity index (χ4n) is 0.432. The van der Waals surface area contributed by atoms with E-state index in [2.05, 4.69) is 17.9 Å². The zero-order valence-corrected chi connectivity index (χ0v) is 7.32. The normalized spacial score (nSPS) is 9.50. The Morgan fingerprint density at radius 3 is 2.60 bits per heavy atom. The molecule has 0 aliphatic rings. The Labute approximate surface area is 67.2 Å². The lowest BCUT2D eigenvalue weighted by Crippen LogP contribution is -2.33. The molecule has 0 aromatic rings. The second-order valence-corrected chi connectivity index (χ2v) is 2.64. The molecule has 0 rings (SSSR count). The van der Waals surface area contributed by atoms with Crippen molar-refractivity contribution in [1.29, 1.82) is 0 Å². The van der Waals surface area contributed by atoms with Crippen LogP contribution in [0, 0.1) is 0 Å². The first-order chi connectivity index (χ1) is 4.68. The lowest BCUT2D eigenvalue weighted by Gasteiger charge is -2.09. The number of rotatable bonds is 4. The Morgan fingerprint density at radius 2 is 2.20 bits per heavy atom. The third kappa shape index (κ3) is 4.64. The highest BCUT2D eigenvalue weighted by atomic mass is 32.1. The average molecular weight is 162 g/mol. The van der Waals surface area contributed by atoms with Crippen LogP contribution in [0.4, 0.5) is 0 Å². The summed E-state index contributed by atoms with van der Waals surface area (Å²) >= 11 is 3.99. The van der Waals surface area contributed by atoms with Crippen LogP contribution in [-0.2, 0) is 4.79 Å². The van der Waals surface area contributed by atoms with E-state index in [9.17, 15) is 4.79 Å². The highest BCUT2D eigenvalue weighted by Crippen LogP contribution is 1.75. The molecule has 0 aromatic carbocycles. The molecule has 0 fully saturated rings. The van der Waals surface area contributed by atoms with Crippen molar-refractivity contribution < 1.29 is 4.79 Å². The van der Waals surface area contributed by atoms with Crippen molar-refractivity contribution in [2.75, 3.05) is 32.9 Å². The molecule has 1 N–H and O–H groups in total. The monoisotopic (exact) mass is 162 g/mol. The van der Waals surface area contributed by atoms with E-state index in [1.807, 2.05) is 0 Å². The third-order valence-corrected chi connectivity index (χ3v) is 1.29. The summed E-state index contributed by atoms with van der Waals surface area (Å²) in [7, 11) is 3.48. The molecule has 60 valence electrons. The maximum absolute atomic E-state index is 10.9. The van der Waals surface area contributed by atoms with Crippen molar-refractivity contribution in [3.8, 4) is 0 Å². The quantitative estimate of drug-likeness (QED) is 0.435. The molecule has 1 amide bonds. The van der Waals surface area contributed by atoms with Gasteiger partial charge in [0.05, 0.1) is 6.54 Å². The Bertz CT molecular complexity index is 106. The number of hydrogen-bond donors (Lipinski definition) is 2. The second-order valence-electron chi connectivity index (χ2n) is 2.19. The van der Waals surface area contributed by atoms with E-state index in [1.165, 1.54) is 0 Å². The minimum atomic E-state index is 0.0989. The van der Waals surface area contributed by atoms with Crippen molar-refractivity contribution in [3.63, 3.8) is 0 Å². The zero-order valence-electron chi connectivity index (χ0n) is 6.42. The summed E-state index contributed by atoms with van der Waals surface area (Å²) in [6, 6.07) is 0. The predicted molar refractivity (Wildman–Crippen MR) is 45.4 cm³/mol. The molecule has 0 radical (unpaired) electrons. The van der Waals surface area contributed by atoms with Gasteiger partial charge in [-0.25, -0.2) is 0 Å². The van der Waals surface area contributed by atoms with Crippen molar-refractivity contribution in [3.05, 3.63) is 0 Å². The van der Waals surface area contributed by atoms with Crippen LogP contribution in [0.5, 0.6) is 0 Å². The van der Waals surface area contributed by atoms with Gasteiger partial charge in [-0.15, -0.1) is 0 Å². The molecule has 0 saturated carbocycles. The molecule has 0 aliphatic heterocycles. The zero-order chi connectivity index (χ0) is 7.98. The number of amides is 1. The molecule has 0 saturated heterocycles. The molecule has 0 bridgehead atoms. The number of likely N-dealkylation sites (N-methyl/N-ethyl adjacent to an activating group) is 1. The molecule has 3 nitrogen and oxygen atoms in total. The molecule has 0 heterocycles. The van der Waals surface area contributed by atoms with Crippen LogP contribution >= 0.6 is 12.6 Å². The first-order valence-corrected chi connectivity index (χ1v) is 3.83. The number of nitrogens with one attached hydrogen (secondary N) is 1. The molecular weight excluding hydrogens is 148 g/mol. The van der Waals surface area contributed by atoms with Gasteiger partial charge in [0, 0.05) is 26.4 Å². The molecular formula is C6H14N2OS. The van der Waals surface area contributed by atoms with Gasteiger partial charge in [-0.1, -0.05) is 0 Å². The van der Waals surface area contributed by atoms with Gasteiger partial charge in [-0.05, 0) is 0 Å². The van der Waals surface area contributed by atoms with E-state index in [4.69, 9.17) is 0 Å². The van der Waals surface area contributed by atoms with E-state index in [0.29, 0.717) is 6.54 Å². The highest BCUT2D eigenvalue weighted by molar-refractivity contribution is 7.80. The van der Waals surface area contributed by atoms with Crippen LogP contribution in [0.2, 0.25) is 0 Å². The topological polar surface area (TPSA) is 32.3 Å². The standard InChI is InChI=1S/C6H14N2OS/c1-8(2)6(9)5-7-3-4-10/h7,10H,3-5H2,1-2H3. The Morgan fingerprint density at radius 1 is 1.60 bits per heavy atom. The van der Waals surface area contributed by atoms with E-state index in [0.717, 1.165) is 12.3 Å². The summed E-state index contributed by atoms with van der Waals surface area (Å²) in [5, 5.41) is 2.95. The fourth-order valence-corrected chi connectivity index (χ4v) is 0.591. The maximum Gasteiger partial charge on any atom is 0.236 e. The van der Waals surface area contributed by atoms with Gasteiger partial charge >= 0.3 is 0 Å². The van der Waals surface area contributed by atoms with Crippen LogP contribution in [0.1, 0.15) is 0 Å². The Kier molecular flexibility index (Phi) is 5.43. The molecule has 0 unspecified atom stereocenters. The summed E-state index contributed by atoms with van der Waals surface area (Å²) < 4.78 is 0. The van der Waals surface area contributed by atoms with E-state index < -0.39 is 0 Å². The average Bonchev–Trinajstić information content (AvgIpc) is 1.88. The van der Waals surface area contributed by atoms with E-state index in [1.54, 1.807) is 19.0 Å². The summed E-state index contributed by atoms with van der Waals surface area (Å²) in [5.41, 5.74) is 0. The minimum absolute atomic E-state index is 0.0989. The maximum atomic E-state index is 10.9. The molecule has 10 heavy (non-hydrogen) atoms. The number of thiol groups is 1. The number of carbonyl (C=O) groups excluding carboxylic acids is 1. The summed E-state index contributed by atoms with van der Waals surface area (Å²) in [4.78, 5) is 12.4. The number of nitrogens with zero attached hydrogens (tertiary/aromatic N) is 1. The van der Waals surface area contributed by atoms with Crippen molar-refractivity contribution in [2.45, 2.75) is 0 Å². The van der Waals surface area contributed by atoms with Gasteiger partial charge in [0.2, 0.25) is 5.91 Å². The van der Waals surface area contributed by atoms with Crippen molar-refractivity contribution >= 4 is 18.5 Å². The third-order valence-electron chi connectivity index (χ3n) is 1.06.